The highest BCUT2D eigenvalue weighted by Crippen LogP contribution is 2.06. The zero-order valence-corrected chi connectivity index (χ0v) is 15.5. The number of ether oxygens (including phenoxy) is 1. The molecule has 1 heterocycles. The van der Waals surface area contributed by atoms with E-state index in [4.69, 9.17) is 4.74 Å². The summed E-state index contributed by atoms with van der Waals surface area (Å²) in [6.45, 7) is 11.4. The largest absolute Gasteiger partial charge is 0.452 e. The van der Waals surface area contributed by atoms with Crippen molar-refractivity contribution in [3.8, 4) is 0 Å². The first-order chi connectivity index (χ1) is 11.3. The minimum atomic E-state index is -0.451. The van der Waals surface area contributed by atoms with Gasteiger partial charge in [0.2, 0.25) is 0 Å². The Kier molecular flexibility index (Phi) is 8.47. The Labute approximate surface area is 145 Å². The Balaban J connectivity index is 0.000000648. The van der Waals surface area contributed by atoms with Crippen LogP contribution in [0, 0.1) is 12.8 Å². The lowest BCUT2D eigenvalue weighted by Gasteiger charge is -2.32. The summed E-state index contributed by atoms with van der Waals surface area (Å²) in [7, 11) is 2.03. The molecule has 1 saturated heterocycles. The number of rotatable bonds is 3. The first kappa shape index (κ1) is 20.2. The van der Waals surface area contributed by atoms with Crippen LogP contribution in [0.2, 0.25) is 0 Å². The van der Waals surface area contributed by atoms with Gasteiger partial charge in [0.15, 0.2) is 6.61 Å². The SMILES string of the molecule is CC(C)C.Cc1ccc(C(=O)OCC(=O)N2CCN(C)CC2)cc1. The summed E-state index contributed by atoms with van der Waals surface area (Å²) < 4.78 is 5.07. The third-order valence-corrected chi connectivity index (χ3v) is 3.47. The summed E-state index contributed by atoms with van der Waals surface area (Å²) in [6.07, 6.45) is 0. The molecule has 0 aromatic heterocycles. The monoisotopic (exact) mass is 334 g/mol. The van der Waals surface area contributed by atoms with Crippen molar-refractivity contribution >= 4 is 11.9 Å². The summed E-state index contributed by atoms with van der Waals surface area (Å²) in [4.78, 5) is 27.6. The van der Waals surface area contributed by atoms with Crippen molar-refractivity contribution in [2.24, 2.45) is 5.92 Å². The van der Waals surface area contributed by atoms with Crippen molar-refractivity contribution in [2.45, 2.75) is 27.7 Å². The van der Waals surface area contributed by atoms with E-state index in [9.17, 15) is 9.59 Å². The number of hydrogen-bond donors (Lipinski definition) is 0. The molecule has 0 bridgehead atoms. The van der Waals surface area contributed by atoms with E-state index in [-0.39, 0.29) is 12.5 Å². The summed E-state index contributed by atoms with van der Waals surface area (Å²) in [5, 5.41) is 0. The van der Waals surface area contributed by atoms with Gasteiger partial charge in [-0.15, -0.1) is 0 Å². The molecule has 0 atom stereocenters. The maximum Gasteiger partial charge on any atom is 0.338 e. The minimum Gasteiger partial charge on any atom is -0.452 e. The zero-order valence-electron chi connectivity index (χ0n) is 15.5. The Hall–Kier alpha value is -1.88. The van der Waals surface area contributed by atoms with E-state index in [0.29, 0.717) is 18.7 Å². The molecule has 24 heavy (non-hydrogen) atoms. The van der Waals surface area contributed by atoms with Crippen molar-refractivity contribution in [3.05, 3.63) is 35.4 Å². The molecular formula is C19H30N2O3. The fraction of sp³-hybridized carbons (Fsp3) is 0.579. The number of likely N-dealkylation sites (N-methyl/N-ethyl adjacent to an activating group) is 1. The number of nitrogens with zero attached hydrogens (tertiary/aromatic N) is 2. The fourth-order valence-electron chi connectivity index (χ4n) is 2.05. The molecule has 1 amide bonds. The lowest BCUT2D eigenvalue weighted by Crippen LogP contribution is -2.48. The van der Waals surface area contributed by atoms with E-state index in [1.807, 2.05) is 26.1 Å². The topological polar surface area (TPSA) is 49.9 Å². The van der Waals surface area contributed by atoms with Crippen LogP contribution in [-0.2, 0) is 9.53 Å². The quantitative estimate of drug-likeness (QED) is 0.797. The third kappa shape index (κ3) is 7.59. The standard InChI is InChI=1S/C15H20N2O3.C4H10/c1-12-3-5-13(6-4-12)15(19)20-11-14(18)17-9-7-16(2)8-10-17;1-4(2)3/h3-6H,7-11H2,1-2H3;4H,1-3H3. The lowest BCUT2D eigenvalue weighted by atomic mass is 10.1. The molecule has 1 aromatic carbocycles. The third-order valence-electron chi connectivity index (χ3n) is 3.47. The van der Waals surface area contributed by atoms with Crippen molar-refractivity contribution in [1.82, 2.24) is 9.80 Å². The Morgan fingerprint density at radius 3 is 2.04 bits per heavy atom. The van der Waals surface area contributed by atoms with Gasteiger partial charge in [-0.2, -0.15) is 0 Å². The van der Waals surface area contributed by atoms with Crippen LogP contribution in [0.25, 0.3) is 0 Å². The van der Waals surface area contributed by atoms with Crippen LogP contribution in [0.5, 0.6) is 0 Å². The molecule has 0 radical (unpaired) electrons. The fourth-order valence-corrected chi connectivity index (χ4v) is 2.05. The number of carbonyl (C=O) groups excluding carboxylic acids is 2. The Morgan fingerprint density at radius 1 is 1.04 bits per heavy atom. The molecule has 5 heteroatoms. The number of esters is 1. The Bertz CT molecular complexity index is 515. The highest BCUT2D eigenvalue weighted by Gasteiger charge is 2.20. The first-order valence-corrected chi connectivity index (χ1v) is 8.49. The van der Waals surface area contributed by atoms with E-state index in [1.54, 1.807) is 17.0 Å². The Morgan fingerprint density at radius 2 is 1.54 bits per heavy atom. The molecule has 0 spiro atoms. The number of aryl methyl sites for hydroxylation is 1. The molecule has 1 aromatic rings. The average Bonchev–Trinajstić information content (AvgIpc) is 2.53. The zero-order chi connectivity index (χ0) is 18.1. The molecular weight excluding hydrogens is 304 g/mol. The highest BCUT2D eigenvalue weighted by molar-refractivity contribution is 5.91. The van der Waals surface area contributed by atoms with Crippen molar-refractivity contribution in [2.75, 3.05) is 39.8 Å². The van der Waals surface area contributed by atoms with Gasteiger partial charge in [0.05, 0.1) is 5.56 Å². The van der Waals surface area contributed by atoms with Crippen LogP contribution in [0.4, 0.5) is 0 Å². The maximum atomic E-state index is 11.9. The van der Waals surface area contributed by atoms with Gasteiger partial charge in [-0.3, -0.25) is 4.79 Å². The second-order valence-electron chi connectivity index (χ2n) is 6.86. The molecule has 1 aliphatic rings. The lowest BCUT2D eigenvalue weighted by molar-refractivity contribution is -0.136. The summed E-state index contributed by atoms with van der Waals surface area (Å²) in [5.74, 6) is 0.256. The molecule has 1 aliphatic heterocycles. The maximum absolute atomic E-state index is 11.9. The summed E-state index contributed by atoms with van der Waals surface area (Å²) in [6, 6.07) is 7.10. The second-order valence-corrected chi connectivity index (χ2v) is 6.86. The number of amides is 1. The minimum absolute atomic E-state index is 0.126. The molecule has 1 fully saturated rings. The summed E-state index contributed by atoms with van der Waals surface area (Å²) >= 11 is 0. The van der Waals surface area contributed by atoms with Crippen molar-refractivity contribution in [3.63, 3.8) is 0 Å². The van der Waals surface area contributed by atoms with Gasteiger partial charge >= 0.3 is 5.97 Å². The van der Waals surface area contributed by atoms with Crippen molar-refractivity contribution in [1.29, 1.82) is 0 Å². The number of carbonyl (C=O) groups is 2. The van der Waals surface area contributed by atoms with Crippen LogP contribution >= 0.6 is 0 Å². The predicted molar refractivity (Wildman–Crippen MR) is 96.1 cm³/mol. The number of hydrogen-bond acceptors (Lipinski definition) is 4. The van der Waals surface area contributed by atoms with Gasteiger partial charge in [-0.25, -0.2) is 4.79 Å². The number of piperazine rings is 1. The van der Waals surface area contributed by atoms with Gasteiger partial charge in [-0.1, -0.05) is 38.5 Å². The normalized spacial score (nSPS) is 14.8. The molecule has 0 N–H and O–H groups in total. The van der Waals surface area contributed by atoms with Gasteiger partial charge in [0, 0.05) is 26.2 Å². The van der Waals surface area contributed by atoms with Gasteiger partial charge in [0.25, 0.3) is 5.91 Å². The molecule has 5 nitrogen and oxygen atoms in total. The van der Waals surface area contributed by atoms with E-state index in [2.05, 4.69) is 25.7 Å². The highest BCUT2D eigenvalue weighted by atomic mass is 16.5. The predicted octanol–water partition coefficient (Wildman–Crippen LogP) is 2.59. The average molecular weight is 334 g/mol. The van der Waals surface area contributed by atoms with E-state index in [1.165, 1.54) is 0 Å². The van der Waals surface area contributed by atoms with Crippen molar-refractivity contribution < 1.29 is 14.3 Å². The van der Waals surface area contributed by atoms with Crippen LogP contribution in [-0.4, -0.2) is 61.5 Å². The molecule has 0 saturated carbocycles. The van der Waals surface area contributed by atoms with E-state index in [0.717, 1.165) is 24.6 Å². The second kappa shape index (κ2) is 10.1. The van der Waals surface area contributed by atoms with Gasteiger partial charge < -0.3 is 14.5 Å². The van der Waals surface area contributed by atoms with E-state index < -0.39 is 5.97 Å². The molecule has 2 rings (SSSR count). The van der Waals surface area contributed by atoms with Crippen LogP contribution in [0.3, 0.4) is 0 Å². The van der Waals surface area contributed by atoms with Crippen LogP contribution in [0.15, 0.2) is 24.3 Å². The molecule has 0 aliphatic carbocycles. The van der Waals surface area contributed by atoms with Crippen LogP contribution < -0.4 is 0 Å². The smallest absolute Gasteiger partial charge is 0.338 e. The first-order valence-electron chi connectivity index (χ1n) is 8.49. The van der Waals surface area contributed by atoms with Gasteiger partial charge in [-0.05, 0) is 32.0 Å². The summed E-state index contributed by atoms with van der Waals surface area (Å²) in [5.41, 5.74) is 1.55. The molecule has 0 unspecified atom stereocenters. The number of benzene rings is 1. The molecule has 134 valence electrons. The van der Waals surface area contributed by atoms with E-state index >= 15 is 0 Å². The van der Waals surface area contributed by atoms with Crippen LogP contribution in [0.1, 0.15) is 36.7 Å². The van der Waals surface area contributed by atoms with Gasteiger partial charge in [0.1, 0.15) is 0 Å².